The summed E-state index contributed by atoms with van der Waals surface area (Å²) in [6.07, 6.45) is 0. The SMILES string of the molecule is CCN(CC)S(=O)(=O)c1ccc(NC(=O)COn2nnc3ccc(S(=O)(=O)N(C)C)cc32)cc1. The van der Waals surface area contributed by atoms with Crippen molar-refractivity contribution in [2.24, 2.45) is 0 Å². The molecule has 2 aromatic carbocycles. The minimum atomic E-state index is -3.67. The smallest absolute Gasteiger partial charge is 0.265 e. The maximum atomic E-state index is 12.6. The summed E-state index contributed by atoms with van der Waals surface area (Å²) in [7, 11) is -4.43. The molecule has 0 aliphatic carbocycles. The van der Waals surface area contributed by atoms with E-state index in [4.69, 9.17) is 4.84 Å². The van der Waals surface area contributed by atoms with Gasteiger partial charge in [0.25, 0.3) is 5.91 Å². The molecule has 0 aliphatic rings. The van der Waals surface area contributed by atoms with Gasteiger partial charge in [-0.3, -0.25) is 4.79 Å². The number of anilines is 1. The lowest BCUT2D eigenvalue weighted by atomic mass is 10.3. The number of hydrogen-bond acceptors (Lipinski definition) is 8. The van der Waals surface area contributed by atoms with Crippen LogP contribution in [-0.2, 0) is 24.8 Å². The van der Waals surface area contributed by atoms with Crippen LogP contribution in [0.2, 0.25) is 0 Å². The molecule has 1 aromatic heterocycles. The van der Waals surface area contributed by atoms with Crippen molar-refractivity contribution in [1.29, 1.82) is 0 Å². The quantitative estimate of drug-likeness (QED) is 0.421. The van der Waals surface area contributed by atoms with Crippen LogP contribution in [0.15, 0.2) is 52.3 Å². The predicted octanol–water partition coefficient (Wildman–Crippen LogP) is 0.779. The lowest BCUT2D eigenvalue weighted by Crippen LogP contribution is -2.30. The average molecular weight is 511 g/mol. The van der Waals surface area contributed by atoms with Crippen LogP contribution in [0.3, 0.4) is 0 Å². The molecule has 0 saturated carbocycles. The first-order chi connectivity index (χ1) is 16.0. The highest BCUT2D eigenvalue weighted by Crippen LogP contribution is 2.20. The molecule has 34 heavy (non-hydrogen) atoms. The van der Waals surface area contributed by atoms with Crippen molar-refractivity contribution < 1.29 is 26.5 Å². The van der Waals surface area contributed by atoms with Crippen molar-refractivity contribution in [1.82, 2.24) is 23.8 Å². The van der Waals surface area contributed by atoms with Gasteiger partial charge in [-0.25, -0.2) is 21.1 Å². The molecule has 14 heteroatoms. The summed E-state index contributed by atoms with van der Waals surface area (Å²) in [6, 6.07) is 10.1. The average Bonchev–Trinajstić information content (AvgIpc) is 3.21. The fourth-order valence-corrected chi connectivity index (χ4v) is 5.46. The maximum absolute atomic E-state index is 12.6. The molecule has 184 valence electrons. The summed E-state index contributed by atoms with van der Waals surface area (Å²) in [6.45, 7) is 3.79. The molecule has 0 bridgehead atoms. The number of nitrogens with zero attached hydrogens (tertiary/aromatic N) is 5. The molecule has 3 aromatic rings. The number of carbonyl (C=O) groups is 1. The molecule has 0 fully saturated rings. The molecule has 0 atom stereocenters. The molecule has 0 aliphatic heterocycles. The van der Waals surface area contributed by atoms with Gasteiger partial charge in [0.15, 0.2) is 6.61 Å². The fourth-order valence-electron chi connectivity index (χ4n) is 3.08. The van der Waals surface area contributed by atoms with Gasteiger partial charge in [0.2, 0.25) is 20.0 Å². The first-order valence-electron chi connectivity index (χ1n) is 10.3. The van der Waals surface area contributed by atoms with Crippen LogP contribution >= 0.6 is 0 Å². The Hall–Kier alpha value is -3.07. The normalized spacial score (nSPS) is 12.4. The van der Waals surface area contributed by atoms with Gasteiger partial charge in [-0.1, -0.05) is 18.7 Å². The number of benzene rings is 2. The summed E-state index contributed by atoms with van der Waals surface area (Å²) in [5, 5.41) is 10.3. The fraction of sp³-hybridized carbons (Fsp3) is 0.350. The van der Waals surface area contributed by atoms with Crippen LogP contribution < -0.4 is 10.2 Å². The van der Waals surface area contributed by atoms with E-state index < -0.39 is 32.6 Å². The van der Waals surface area contributed by atoms with Gasteiger partial charge in [0.05, 0.1) is 9.79 Å². The highest BCUT2D eigenvalue weighted by atomic mass is 32.2. The number of hydrogen-bond donors (Lipinski definition) is 1. The number of amides is 1. The number of aromatic nitrogens is 3. The second kappa shape index (κ2) is 10.0. The minimum Gasteiger partial charge on any atom is -0.385 e. The van der Waals surface area contributed by atoms with Crippen LogP contribution in [0.1, 0.15) is 13.8 Å². The van der Waals surface area contributed by atoms with Gasteiger partial charge in [-0.2, -0.15) is 4.31 Å². The maximum Gasteiger partial charge on any atom is 0.265 e. The van der Waals surface area contributed by atoms with Crippen LogP contribution in [0.4, 0.5) is 5.69 Å². The predicted molar refractivity (Wildman–Crippen MR) is 125 cm³/mol. The van der Waals surface area contributed by atoms with Gasteiger partial charge >= 0.3 is 0 Å². The van der Waals surface area contributed by atoms with Gasteiger partial charge < -0.3 is 10.2 Å². The Morgan fingerprint density at radius 1 is 0.971 bits per heavy atom. The summed E-state index contributed by atoms with van der Waals surface area (Å²) in [4.78, 5) is 18.8. The highest BCUT2D eigenvalue weighted by Gasteiger charge is 2.22. The molecular weight excluding hydrogens is 484 g/mol. The molecule has 12 nitrogen and oxygen atoms in total. The third kappa shape index (κ3) is 5.19. The molecule has 0 radical (unpaired) electrons. The summed E-state index contributed by atoms with van der Waals surface area (Å²) < 4.78 is 52.3. The summed E-state index contributed by atoms with van der Waals surface area (Å²) in [5.41, 5.74) is 1.06. The zero-order chi connectivity index (χ0) is 25.1. The van der Waals surface area contributed by atoms with Crippen LogP contribution in [0.5, 0.6) is 0 Å². The number of fused-ring (bicyclic) bond motifs is 1. The zero-order valence-corrected chi connectivity index (χ0v) is 20.8. The molecule has 0 unspecified atom stereocenters. The zero-order valence-electron chi connectivity index (χ0n) is 19.2. The number of sulfonamides is 2. The van der Waals surface area contributed by atoms with E-state index in [0.29, 0.717) is 24.3 Å². The van der Waals surface area contributed by atoms with Crippen molar-refractivity contribution in [2.75, 3.05) is 39.1 Å². The third-order valence-electron chi connectivity index (χ3n) is 4.96. The number of carbonyl (C=O) groups excluding carboxylic acids is 1. The van der Waals surface area contributed by atoms with E-state index in [2.05, 4.69) is 15.6 Å². The largest absolute Gasteiger partial charge is 0.385 e. The Labute approximate surface area is 198 Å². The molecule has 3 rings (SSSR count). The van der Waals surface area contributed by atoms with Crippen LogP contribution in [0, 0.1) is 0 Å². The number of rotatable bonds is 10. The van der Waals surface area contributed by atoms with E-state index in [-0.39, 0.29) is 15.3 Å². The van der Waals surface area contributed by atoms with Crippen molar-refractivity contribution in [3.05, 3.63) is 42.5 Å². The third-order valence-corrected chi connectivity index (χ3v) is 8.84. The second-order valence-corrected chi connectivity index (χ2v) is 11.4. The first-order valence-corrected chi connectivity index (χ1v) is 13.2. The molecular formula is C20H26N6O6S2. The van der Waals surface area contributed by atoms with Crippen molar-refractivity contribution in [3.8, 4) is 0 Å². The van der Waals surface area contributed by atoms with Gasteiger partial charge in [0, 0.05) is 32.9 Å². The van der Waals surface area contributed by atoms with E-state index in [1.165, 1.54) is 60.9 Å². The Morgan fingerprint density at radius 3 is 2.18 bits per heavy atom. The molecule has 1 heterocycles. The van der Waals surface area contributed by atoms with Gasteiger partial charge in [-0.05, 0) is 47.7 Å². The number of nitrogens with one attached hydrogen (secondary N) is 1. The lowest BCUT2D eigenvalue weighted by molar-refractivity contribution is -0.121. The Bertz CT molecular complexity index is 1380. The van der Waals surface area contributed by atoms with Crippen LogP contribution in [0.25, 0.3) is 11.0 Å². The monoisotopic (exact) mass is 510 g/mol. The summed E-state index contributed by atoms with van der Waals surface area (Å²) in [5.74, 6) is -0.528. The Morgan fingerprint density at radius 2 is 1.59 bits per heavy atom. The van der Waals surface area contributed by atoms with Crippen LogP contribution in [-0.4, -0.2) is 80.3 Å². The van der Waals surface area contributed by atoms with Crippen molar-refractivity contribution >= 4 is 42.7 Å². The van der Waals surface area contributed by atoms with E-state index in [1.807, 2.05) is 0 Å². The van der Waals surface area contributed by atoms with E-state index >= 15 is 0 Å². The van der Waals surface area contributed by atoms with E-state index in [1.54, 1.807) is 13.8 Å². The summed E-state index contributed by atoms with van der Waals surface area (Å²) >= 11 is 0. The van der Waals surface area contributed by atoms with Gasteiger partial charge in [0.1, 0.15) is 11.0 Å². The van der Waals surface area contributed by atoms with Crippen molar-refractivity contribution in [3.63, 3.8) is 0 Å². The second-order valence-electron chi connectivity index (χ2n) is 7.34. The highest BCUT2D eigenvalue weighted by molar-refractivity contribution is 7.89. The Kier molecular flexibility index (Phi) is 7.55. The lowest BCUT2D eigenvalue weighted by Gasteiger charge is -2.18. The molecule has 1 amide bonds. The van der Waals surface area contributed by atoms with E-state index in [0.717, 1.165) is 9.15 Å². The first kappa shape index (κ1) is 25.6. The van der Waals surface area contributed by atoms with E-state index in [9.17, 15) is 21.6 Å². The minimum absolute atomic E-state index is 0.0290. The Balaban J connectivity index is 1.69. The topological polar surface area (TPSA) is 144 Å². The standard InChI is InChI=1S/C20H26N6O6S2/c1-5-25(6-2)34(30,31)16-9-7-15(8-10-16)21-20(27)14-32-26-19-13-17(33(28,29)24(3)4)11-12-18(19)22-23-26/h7-13H,5-6,14H2,1-4H3,(H,21,27). The van der Waals surface area contributed by atoms with Gasteiger partial charge in [-0.15, -0.1) is 5.10 Å². The van der Waals surface area contributed by atoms with Crippen molar-refractivity contribution in [2.45, 2.75) is 23.6 Å². The molecule has 1 N–H and O–H groups in total. The molecule has 0 saturated heterocycles. The molecule has 0 spiro atoms.